The summed E-state index contributed by atoms with van der Waals surface area (Å²) in [6, 6.07) is 15.3. The number of amides is 1. The van der Waals surface area contributed by atoms with Crippen molar-refractivity contribution in [1.29, 1.82) is 0 Å². The van der Waals surface area contributed by atoms with E-state index >= 15 is 0 Å². The molecule has 1 saturated carbocycles. The van der Waals surface area contributed by atoms with Crippen molar-refractivity contribution in [2.45, 2.75) is 55.9 Å². The molecule has 0 bridgehead atoms. The molecule has 2 aromatic carbocycles. The Hall–Kier alpha value is -2.71. The van der Waals surface area contributed by atoms with Crippen molar-refractivity contribution in [1.82, 2.24) is 4.31 Å². The Bertz CT molecular complexity index is 1060. The molecule has 2 fully saturated rings. The van der Waals surface area contributed by atoms with Crippen molar-refractivity contribution in [3.8, 4) is 0 Å². The molecule has 8 heteroatoms. The maximum absolute atomic E-state index is 13.1. The molecule has 0 N–H and O–H groups in total. The summed E-state index contributed by atoms with van der Waals surface area (Å²) in [6.07, 6.45) is 6.91. The van der Waals surface area contributed by atoms with E-state index < -0.39 is 16.0 Å². The number of carbonyl (C=O) groups excluding carboxylic acids is 2. The zero-order chi connectivity index (χ0) is 23.3. The van der Waals surface area contributed by atoms with Crippen LogP contribution in [0.3, 0.4) is 0 Å². The van der Waals surface area contributed by atoms with E-state index in [1.165, 1.54) is 35.0 Å². The van der Waals surface area contributed by atoms with Crippen molar-refractivity contribution in [3.63, 3.8) is 0 Å². The number of sulfonamides is 1. The van der Waals surface area contributed by atoms with Gasteiger partial charge in [-0.05, 0) is 62.1 Å². The van der Waals surface area contributed by atoms with Gasteiger partial charge in [0.1, 0.15) is 0 Å². The second-order valence-electron chi connectivity index (χ2n) is 8.60. The number of nitrogens with zero attached hydrogens (tertiary/aromatic N) is 2. The SMILES string of the molecule is O=C(OCC(=O)N(c1ccccc1)C1CCCCC1)c1ccc(S(=O)(=O)N2CCCC2)cc1. The Balaban J connectivity index is 1.41. The van der Waals surface area contributed by atoms with Gasteiger partial charge in [0.05, 0.1) is 10.5 Å². The maximum Gasteiger partial charge on any atom is 0.338 e. The van der Waals surface area contributed by atoms with Gasteiger partial charge in [-0.3, -0.25) is 4.79 Å². The summed E-state index contributed by atoms with van der Waals surface area (Å²) in [4.78, 5) is 27.5. The monoisotopic (exact) mass is 470 g/mol. The average molecular weight is 471 g/mol. The third-order valence-electron chi connectivity index (χ3n) is 6.36. The summed E-state index contributed by atoms with van der Waals surface area (Å²) in [5.41, 5.74) is 1.02. The van der Waals surface area contributed by atoms with Crippen LogP contribution in [0, 0.1) is 0 Å². The molecule has 1 amide bonds. The first-order valence-corrected chi connectivity index (χ1v) is 13.1. The lowest BCUT2D eigenvalue weighted by atomic mass is 9.93. The van der Waals surface area contributed by atoms with Gasteiger partial charge in [-0.15, -0.1) is 0 Å². The van der Waals surface area contributed by atoms with Crippen molar-refractivity contribution in [2.24, 2.45) is 0 Å². The molecule has 2 aromatic rings. The summed E-state index contributed by atoms with van der Waals surface area (Å²) in [6.45, 7) is 0.679. The van der Waals surface area contributed by atoms with Crippen molar-refractivity contribution in [2.75, 3.05) is 24.6 Å². The standard InChI is InChI=1S/C25H30N2O5S/c28-24(27(21-9-3-1-4-10-21)22-11-5-2-6-12-22)19-32-25(29)20-13-15-23(16-14-20)33(30,31)26-17-7-8-18-26/h1,3-4,9-10,13-16,22H,2,5-8,11-12,17-19H2. The lowest BCUT2D eigenvalue weighted by Crippen LogP contribution is -2.43. The number of hydrogen-bond donors (Lipinski definition) is 0. The molecule has 0 unspecified atom stereocenters. The van der Waals surface area contributed by atoms with E-state index in [-0.39, 0.29) is 29.0 Å². The minimum absolute atomic E-state index is 0.0995. The van der Waals surface area contributed by atoms with Crippen LogP contribution in [0.5, 0.6) is 0 Å². The second kappa shape index (κ2) is 10.5. The summed E-state index contributed by atoms with van der Waals surface area (Å²) in [5, 5.41) is 0. The Morgan fingerprint density at radius 1 is 0.879 bits per heavy atom. The van der Waals surface area contributed by atoms with Crippen LogP contribution in [0.15, 0.2) is 59.5 Å². The van der Waals surface area contributed by atoms with Gasteiger partial charge < -0.3 is 9.64 Å². The predicted octanol–water partition coefficient (Wildman–Crippen LogP) is 3.99. The van der Waals surface area contributed by atoms with Crippen LogP contribution in [-0.4, -0.2) is 50.3 Å². The van der Waals surface area contributed by atoms with Crippen LogP contribution in [-0.2, 0) is 19.6 Å². The van der Waals surface area contributed by atoms with E-state index in [9.17, 15) is 18.0 Å². The van der Waals surface area contributed by atoms with E-state index in [1.54, 1.807) is 4.90 Å². The molecule has 33 heavy (non-hydrogen) atoms. The third kappa shape index (κ3) is 5.45. The molecular weight excluding hydrogens is 440 g/mol. The number of rotatable bonds is 7. The van der Waals surface area contributed by atoms with Gasteiger partial charge in [0.2, 0.25) is 10.0 Å². The molecule has 1 aliphatic carbocycles. The highest BCUT2D eigenvalue weighted by atomic mass is 32.2. The zero-order valence-corrected chi connectivity index (χ0v) is 19.5. The molecule has 1 heterocycles. The van der Waals surface area contributed by atoms with Gasteiger partial charge in [0, 0.05) is 24.8 Å². The molecule has 0 spiro atoms. The van der Waals surface area contributed by atoms with E-state index in [1.807, 2.05) is 30.3 Å². The Morgan fingerprint density at radius 2 is 1.52 bits per heavy atom. The summed E-state index contributed by atoms with van der Waals surface area (Å²) in [7, 11) is -3.54. The lowest BCUT2D eigenvalue weighted by molar-refractivity contribution is -0.122. The number of esters is 1. The van der Waals surface area contributed by atoms with E-state index in [4.69, 9.17) is 4.74 Å². The molecule has 0 radical (unpaired) electrons. The number of benzene rings is 2. The van der Waals surface area contributed by atoms with Gasteiger partial charge in [-0.1, -0.05) is 37.5 Å². The van der Waals surface area contributed by atoms with E-state index in [0.717, 1.165) is 44.2 Å². The number of ether oxygens (including phenoxy) is 1. The molecule has 1 saturated heterocycles. The fraction of sp³-hybridized carbons (Fsp3) is 0.440. The summed E-state index contributed by atoms with van der Waals surface area (Å²) in [5.74, 6) is -0.903. The topological polar surface area (TPSA) is 84.0 Å². The molecule has 7 nitrogen and oxygen atoms in total. The second-order valence-corrected chi connectivity index (χ2v) is 10.5. The van der Waals surface area contributed by atoms with E-state index in [0.29, 0.717) is 13.1 Å². The average Bonchev–Trinajstić information content (AvgIpc) is 3.40. The molecule has 4 rings (SSSR count). The molecule has 1 aliphatic heterocycles. The zero-order valence-electron chi connectivity index (χ0n) is 18.7. The first-order chi connectivity index (χ1) is 16.0. The van der Waals surface area contributed by atoms with Crippen LogP contribution in [0.4, 0.5) is 5.69 Å². The number of carbonyl (C=O) groups is 2. The summed E-state index contributed by atoms with van der Waals surface area (Å²) < 4.78 is 32.1. The Labute approximate surface area is 195 Å². The summed E-state index contributed by atoms with van der Waals surface area (Å²) >= 11 is 0. The molecule has 0 atom stereocenters. The highest BCUT2D eigenvalue weighted by Crippen LogP contribution is 2.27. The third-order valence-corrected chi connectivity index (χ3v) is 8.28. The normalized spacial score (nSPS) is 17.6. The fourth-order valence-electron chi connectivity index (χ4n) is 4.61. The van der Waals surface area contributed by atoms with Gasteiger partial charge in [0.25, 0.3) is 5.91 Å². The largest absolute Gasteiger partial charge is 0.452 e. The van der Waals surface area contributed by atoms with Crippen LogP contribution in [0.25, 0.3) is 0 Å². The van der Waals surface area contributed by atoms with Gasteiger partial charge in [-0.2, -0.15) is 4.31 Å². The van der Waals surface area contributed by atoms with Crippen LogP contribution < -0.4 is 4.90 Å². The Morgan fingerprint density at radius 3 is 2.15 bits per heavy atom. The van der Waals surface area contributed by atoms with Crippen LogP contribution in [0.1, 0.15) is 55.3 Å². The first-order valence-electron chi connectivity index (χ1n) is 11.6. The van der Waals surface area contributed by atoms with Crippen molar-refractivity contribution >= 4 is 27.6 Å². The van der Waals surface area contributed by atoms with Gasteiger partial charge >= 0.3 is 5.97 Å². The Kier molecular flexibility index (Phi) is 7.45. The van der Waals surface area contributed by atoms with Crippen molar-refractivity contribution < 1.29 is 22.7 Å². The highest BCUT2D eigenvalue weighted by Gasteiger charge is 2.29. The molecule has 0 aromatic heterocycles. The predicted molar refractivity (Wildman–Crippen MR) is 126 cm³/mol. The molecule has 176 valence electrons. The lowest BCUT2D eigenvalue weighted by Gasteiger charge is -2.34. The quantitative estimate of drug-likeness (QED) is 0.571. The van der Waals surface area contributed by atoms with Crippen molar-refractivity contribution in [3.05, 3.63) is 60.2 Å². The van der Waals surface area contributed by atoms with Crippen LogP contribution in [0.2, 0.25) is 0 Å². The highest BCUT2D eigenvalue weighted by molar-refractivity contribution is 7.89. The molecular formula is C25H30N2O5S. The fourth-order valence-corrected chi connectivity index (χ4v) is 6.12. The maximum atomic E-state index is 13.1. The number of anilines is 1. The first kappa shape index (κ1) is 23.4. The number of hydrogen-bond acceptors (Lipinski definition) is 5. The van der Waals surface area contributed by atoms with Crippen LogP contribution >= 0.6 is 0 Å². The van der Waals surface area contributed by atoms with Gasteiger partial charge in [-0.25, -0.2) is 13.2 Å². The molecule has 2 aliphatic rings. The minimum atomic E-state index is -3.54. The number of para-hydroxylation sites is 1. The van der Waals surface area contributed by atoms with Gasteiger partial charge in [0.15, 0.2) is 6.61 Å². The van der Waals surface area contributed by atoms with E-state index in [2.05, 4.69) is 0 Å². The smallest absolute Gasteiger partial charge is 0.338 e. The minimum Gasteiger partial charge on any atom is -0.452 e.